The molecule has 0 heterocycles. The van der Waals surface area contributed by atoms with E-state index in [1.165, 1.54) is 19.3 Å². The topological polar surface area (TPSA) is 38.5 Å². The van der Waals surface area contributed by atoms with Crippen molar-refractivity contribution in [2.24, 2.45) is 17.1 Å². The molecular formula is C15H32N2O. The number of likely N-dealkylation sites (N-methyl/N-ethyl adjacent to an activating group) is 1. The van der Waals surface area contributed by atoms with Gasteiger partial charge in [-0.1, -0.05) is 20.8 Å². The van der Waals surface area contributed by atoms with Crippen LogP contribution < -0.4 is 5.73 Å². The summed E-state index contributed by atoms with van der Waals surface area (Å²) in [6.45, 7) is 12.2. The highest BCUT2D eigenvalue weighted by Gasteiger charge is 2.34. The van der Waals surface area contributed by atoms with Crippen LogP contribution in [0.25, 0.3) is 0 Å². The Bertz CT molecular complexity index is 243. The van der Waals surface area contributed by atoms with E-state index in [0.717, 1.165) is 19.7 Å². The Morgan fingerprint density at radius 3 is 2.67 bits per heavy atom. The van der Waals surface area contributed by atoms with Gasteiger partial charge in [0.2, 0.25) is 0 Å². The van der Waals surface area contributed by atoms with Crippen LogP contribution in [-0.4, -0.2) is 43.8 Å². The van der Waals surface area contributed by atoms with E-state index in [9.17, 15) is 0 Å². The van der Waals surface area contributed by atoms with Crippen LogP contribution in [0.5, 0.6) is 0 Å². The monoisotopic (exact) mass is 256 g/mol. The summed E-state index contributed by atoms with van der Waals surface area (Å²) in [5.74, 6) is 0.632. The normalized spacial score (nSPS) is 29.5. The first-order valence-corrected chi connectivity index (χ1v) is 7.38. The van der Waals surface area contributed by atoms with Gasteiger partial charge in [-0.2, -0.15) is 0 Å². The Kier molecular flexibility index (Phi) is 6.09. The maximum Gasteiger partial charge on any atom is 0.0615 e. The Labute approximate surface area is 113 Å². The maximum atomic E-state index is 6.32. The van der Waals surface area contributed by atoms with Crippen molar-refractivity contribution < 1.29 is 4.74 Å². The molecule has 2 N–H and O–H groups in total. The van der Waals surface area contributed by atoms with Crippen LogP contribution in [0.1, 0.15) is 47.0 Å². The van der Waals surface area contributed by atoms with Crippen molar-refractivity contribution in [2.75, 3.05) is 26.8 Å². The Morgan fingerprint density at radius 1 is 1.44 bits per heavy atom. The summed E-state index contributed by atoms with van der Waals surface area (Å²) in [6, 6.07) is 0.860. The second-order valence-corrected chi connectivity index (χ2v) is 6.72. The van der Waals surface area contributed by atoms with E-state index in [1.807, 2.05) is 0 Å². The average molecular weight is 256 g/mol. The van der Waals surface area contributed by atoms with E-state index < -0.39 is 0 Å². The molecule has 0 aliphatic heterocycles. The van der Waals surface area contributed by atoms with Crippen LogP contribution in [0.15, 0.2) is 0 Å². The predicted molar refractivity (Wildman–Crippen MR) is 77.7 cm³/mol. The van der Waals surface area contributed by atoms with Crippen molar-refractivity contribution in [1.82, 2.24) is 4.90 Å². The van der Waals surface area contributed by atoms with Crippen molar-refractivity contribution >= 4 is 0 Å². The van der Waals surface area contributed by atoms with Crippen LogP contribution >= 0.6 is 0 Å². The van der Waals surface area contributed by atoms with E-state index in [0.29, 0.717) is 23.4 Å². The van der Waals surface area contributed by atoms with E-state index in [1.54, 1.807) is 7.11 Å². The molecule has 3 heteroatoms. The molecule has 3 nitrogen and oxygen atoms in total. The Hall–Kier alpha value is -0.120. The van der Waals surface area contributed by atoms with E-state index in [4.69, 9.17) is 10.5 Å². The molecular weight excluding hydrogens is 224 g/mol. The molecule has 3 unspecified atom stereocenters. The molecule has 0 radical (unpaired) electrons. The van der Waals surface area contributed by atoms with Crippen molar-refractivity contribution in [3.63, 3.8) is 0 Å². The van der Waals surface area contributed by atoms with E-state index in [2.05, 4.69) is 32.6 Å². The van der Waals surface area contributed by atoms with Crippen LogP contribution in [-0.2, 0) is 4.74 Å². The second kappa shape index (κ2) is 6.88. The summed E-state index contributed by atoms with van der Waals surface area (Å²) in [4.78, 5) is 2.51. The molecule has 0 aromatic rings. The molecule has 18 heavy (non-hydrogen) atoms. The third kappa shape index (κ3) is 4.52. The molecule has 1 aliphatic carbocycles. The van der Waals surface area contributed by atoms with Crippen molar-refractivity contribution in [2.45, 2.75) is 59.0 Å². The largest absolute Gasteiger partial charge is 0.383 e. The number of methoxy groups -OCH3 is 1. The first-order chi connectivity index (χ1) is 8.39. The number of rotatable bonds is 6. The standard InChI is InChI=1S/C15H32N2O/c1-6-17(12(2)11-18-5)10-13-9-15(3,4)8-7-14(13)16/h12-14H,6-11,16H2,1-5H3. The summed E-state index contributed by atoms with van der Waals surface area (Å²) < 4.78 is 5.27. The van der Waals surface area contributed by atoms with Crippen LogP contribution in [0.2, 0.25) is 0 Å². The molecule has 1 rings (SSSR count). The lowest BCUT2D eigenvalue weighted by Crippen LogP contribution is -2.47. The molecule has 0 spiro atoms. The van der Waals surface area contributed by atoms with Crippen LogP contribution in [0.3, 0.4) is 0 Å². The van der Waals surface area contributed by atoms with Gasteiger partial charge < -0.3 is 10.5 Å². The molecule has 3 atom stereocenters. The average Bonchev–Trinajstić information content (AvgIpc) is 2.30. The van der Waals surface area contributed by atoms with Crippen molar-refractivity contribution in [3.05, 3.63) is 0 Å². The number of nitrogens with two attached hydrogens (primary N) is 1. The number of hydrogen-bond donors (Lipinski definition) is 1. The zero-order valence-corrected chi connectivity index (χ0v) is 12.9. The van der Waals surface area contributed by atoms with E-state index in [-0.39, 0.29) is 0 Å². The third-order valence-corrected chi connectivity index (χ3v) is 4.48. The highest BCUT2D eigenvalue weighted by atomic mass is 16.5. The number of nitrogens with zero attached hydrogens (tertiary/aromatic N) is 1. The molecule has 0 aromatic carbocycles. The Balaban J connectivity index is 2.56. The lowest BCUT2D eigenvalue weighted by molar-refractivity contribution is 0.0642. The summed E-state index contributed by atoms with van der Waals surface area (Å²) in [7, 11) is 1.78. The lowest BCUT2D eigenvalue weighted by Gasteiger charge is -2.42. The van der Waals surface area contributed by atoms with Crippen molar-refractivity contribution in [3.8, 4) is 0 Å². The SMILES string of the molecule is CCN(CC1CC(C)(C)CCC1N)C(C)COC. The summed E-state index contributed by atoms with van der Waals surface area (Å²) in [6.07, 6.45) is 3.70. The number of hydrogen-bond acceptors (Lipinski definition) is 3. The first kappa shape index (κ1) is 15.9. The third-order valence-electron chi connectivity index (χ3n) is 4.48. The minimum absolute atomic E-state index is 0.377. The molecule has 0 saturated heterocycles. The Morgan fingerprint density at radius 2 is 2.11 bits per heavy atom. The molecule has 1 fully saturated rings. The summed E-state index contributed by atoms with van der Waals surface area (Å²) in [5.41, 5.74) is 6.78. The van der Waals surface area contributed by atoms with Gasteiger partial charge in [-0.25, -0.2) is 0 Å². The first-order valence-electron chi connectivity index (χ1n) is 7.38. The molecule has 108 valence electrons. The predicted octanol–water partition coefficient (Wildman–Crippen LogP) is 2.50. The van der Waals surface area contributed by atoms with Crippen molar-refractivity contribution in [1.29, 1.82) is 0 Å². The smallest absolute Gasteiger partial charge is 0.0615 e. The van der Waals surface area contributed by atoms with Gasteiger partial charge in [-0.3, -0.25) is 4.90 Å². The molecule has 1 saturated carbocycles. The second-order valence-electron chi connectivity index (χ2n) is 6.72. The fourth-order valence-corrected chi connectivity index (χ4v) is 3.22. The van der Waals surface area contributed by atoms with Gasteiger partial charge in [0, 0.05) is 25.7 Å². The lowest BCUT2D eigenvalue weighted by atomic mass is 9.70. The quantitative estimate of drug-likeness (QED) is 0.793. The fourth-order valence-electron chi connectivity index (χ4n) is 3.22. The van der Waals surface area contributed by atoms with Gasteiger partial charge in [-0.05, 0) is 44.1 Å². The van der Waals surface area contributed by atoms with Crippen LogP contribution in [0.4, 0.5) is 0 Å². The fraction of sp³-hybridized carbons (Fsp3) is 1.00. The minimum atomic E-state index is 0.377. The van der Waals surface area contributed by atoms with Gasteiger partial charge in [0.05, 0.1) is 6.61 Å². The maximum absolute atomic E-state index is 6.32. The highest BCUT2D eigenvalue weighted by molar-refractivity contribution is 4.89. The molecule has 0 bridgehead atoms. The summed E-state index contributed by atoms with van der Waals surface area (Å²) in [5, 5.41) is 0. The molecule has 0 amide bonds. The van der Waals surface area contributed by atoms with Crippen LogP contribution in [0, 0.1) is 11.3 Å². The zero-order chi connectivity index (χ0) is 13.8. The zero-order valence-electron chi connectivity index (χ0n) is 12.9. The van der Waals surface area contributed by atoms with Gasteiger partial charge in [0.1, 0.15) is 0 Å². The van der Waals surface area contributed by atoms with Gasteiger partial charge in [0.15, 0.2) is 0 Å². The van der Waals surface area contributed by atoms with Gasteiger partial charge in [0.25, 0.3) is 0 Å². The van der Waals surface area contributed by atoms with Gasteiger partial charge in [-0.15, -0.1) is 0 Å². The highest BCUT2D eigenvalue weighted by Crippen LogP contribution is 2.38. The van der Waals surface area contributed by atoms with Gasteiger partial charge >= 0.3 is 0 Å². The minimum Gasteiger partial charge on any atom is -0.383 e. The summed E-state index contributed by atoms with van der Waals surface area (Å²) >= 11 is 0. The molecule has 0 aromatic heterocycles. The molecule has 1 aliphatic rings. The van der Waals surface area contributed by atoms with E-state index >= 15 is 0 Å². The number of ether oxygens (including phenoxy) is 1.